The van der Waals surface area contributed by atoms with Gasteiger partial charge in [-0.3, -0.25) is 19.3 Å². The number of hydrogen-bond acceptors (Lipinski definition) is 6. The van der Waals surface area contributed by atoms with Crippen molar-refractivity contribution in [1.29, 1.82) is 0 Å². The SMILES string of the molecule is CC(C)(C)OC(=O)N1C[C@H]2[C@@H]([C@H]1C(=O)N[C@@H](C[C@@H]1CCNC1=O)C(=O)CO)C2(C)C. The van der Waals surface area contributed by atoms with E-state index in [4.69, 9.17) is 4.74 Å². The first kappa shape index (κ1) is 22.5. The minimum atomic E-state index is -0.974. The fraction of sp³-hybridized carbons (Fsp3) is 0.810. The van der Waals surface area contributed by atoms with Crippen molar-refractivity contribution < 1.29 is 29.0 Å². The molecule has 9 heteroatoms. The molecule has 3 N–H and O–H groups in total. The normalized spacial score (nSPS) is 30.3. The Morgan fingerprint density at radius 1 is 1.33 bits per heavy atom. The van der Waals surface area contributed by atoms with Gasteiger partial charge in [0.1, 0.15) is 18.2 Å². The number of hydrogen-bond donors (Lipinski definition) is 3. The predicted molar refractivity (Wildman–Crippen MR) is 107 cm³/mol. The Kier molecular flexibility index (Phi) is 5.88. The lowest BCUT2D eigenvalue weighted by Crippen LogP contribution is -2.55. The van der Waals surface area contributed by atoms with Crippen LogP contribution in [0.3, 0.4) is 0 Å². The van der Waals surface area contributed by atoms with Gasteiger partial charge in [-0.2, -0.15) is 0 Å². The number of aliphatic hydroxyl groups excluding tert-OH is 1. The molecule has 1 aliphatic carbocycles. The van der Waals surface area contributed by atoms with Gasteiger partial charge in [-0.1, -0.05) is 13.8 Å². The van der Waals surface area contributed by atoms with Gasteiger partial charge in [0.05, 0.1) is 6.04 Å². The van der Waals surface area contributed by atoms with E-state index >= 15 is 0 Å². The number of Topliss-reactive ketones (excluding diaryl/α,β-unsaturated/α-hetero) is 1. The van der Waals surface area contributed by atoms with Gasteiger partial charge in [-0.05, 0) is 50.9 Å². The molecule has 2 aliphatic heterocycles. The Bertz CT molecular complexity index is 744. The summed E-state index contributed by atoms with van der Waals surface area (Å²) < 4.78 is 5.48. The molecular formula is C21H33N3O6. The number of ketones is 1. The molecule has 3 aliphatic rings. The number of aliphatic hydroxyl groups is 1. The van der Waals surface area contributed by atoms with Crippen LogP contribution in [0.15, 0.2) is 0 Å². The molecular weight excluding hydrogens is 390 g/mol. The number of piperidine rings is 1. The maximum atomic E-state index is 13.2. The molecule has 9 nitrogen and oxygen atoms in total. The molecule has 5 atom stereocenters. The standard InChI is InChI=1S/C21H33N3O6/c1-20(2,3)30-19(29)24-9-12-15(21(12,4)5)16(24)18(28)23-13(14(26)10-25)8-11-6-7-22-17(11)27/h11-13,15-16,25H,6-10H2,1-5H3,(H,22,27)(H,23,28)/t11-,12-,13-,15-,16-/m0/s1. The van der Waals surface area contributed by atoms with Crippen LogP contribution in [0.25, 0.3) is 0 Å². The smallest absolute Gasteiger partial charge is 0.410 e. The summed E-state index contributed by atoms with van der Waals surface area (Å²) >= 11 is 0. The molecule has 3 fully saturated rings. The Morgan fingerprint density at radius 2 is 2.00 bits per heavy atom. The molecule has 3 amide bonds. The van der Waals surface area contributed by atoms with Crippen LogP contribution in [0.2, 0.25) is 0 Å². The van der Waals surface area contributed by atoms with E-state index in [0.29, 0.717) is 19.5 Å². The quantitative estimate of drug-likeness (QED) is 0.570. The molecule has 1 saturated carbocycles. The predicted octanol–water partition coefficient (Wildman–Crippen LogP) is 0.450. The van der Waals surface area contributed by atoms with Crippen LogP contribution in [0, 0.1) is 23.2 Å². The van der Waals surface area contributed by atoms with Crippen molar-refractivity contribution in [2.45, 2.75) is 65.1 Å². The van der Waals surface area contributed by atoms with Crippen molar-refractivity contribution in [2.75, 3.05) is 19.7 Å². The van der Waals surface area contributed by atoms with E-state index in [1.54, 1.807) is 20.8 Å². The highest BCUT2D eigenvalue weighted by Crippen LogP contribution is 2.65. The lowest BCUT2D eigenvalue weighted by Gasteiger charge is -2.33. The maximum Gasteiger partial charge on any atom is 0.410 e. The van der Waals surface area contributed by atoms with Crippen LogP contribution in [0.4, 0.5) is 4.79 Å². The average Bonchev–Trinajstić information content (AvgIpc) is 3.01. The van der Waals surface area contributed by atoms with Crippen molar-refractivity contribution in [3.05, 3.63) is 0 Å². The number of nitrogens with zero attached hydrogens (tertiary/aromatic N) is 1. The molecule has 3 rings (SSSR count). The third kappa shape index (κ3) is 4.31. The Hall–Kier alpha value is -2.16. The first-order valence-corrected chi connectivity index (χ1v) is 10.6. The zero-order valence-electron chi connectivity index (χ0n) is 18.4. The topological polar surface area (TPSA) is 125 Å². The maximum absolute atomic E-state index is 13.2. The molecule has 30 heavy (non-hydrogen) atoms. The van der Waals surface area contributed by atoms with E-state index in [9.17, 15) is 24.3 Å². The number of ether oxygens (including phenoxy) is 1. The summed E-state index contributed by atoms with van der Waals surface area (Å²) in [6, 6.07) is -1.72. The molecule has 0 bridgehead atoms. The summed E-state index contributed by atoms with van der Waals surface area (Å²) in [6.07, 6.45) is 0.161. The van der Waals surface area contributed by atoms with Gasteiger partial charge in [-0.25, -0.2) is 4.79 Å². The Morgan fingerprint density at radius 3 is 2.53 bits per heavy atom. The minimum Gasteiger partial charge on any atom is -0.444 e. The summed E-state index contributed by atoms with van der Waals surface area (Å²) in [6.45, 7) is 9.66. The van der Waals surface area contributed by atoms with Gasteiger partial charge in [-0.15, -0.1) is 0 Å². The third-order valence-electron chi connectivity index (χ3n) is 6.65. The van der Waals surface area contributed by atoms with Gasteiger partial charge >= 0.3 is 6.09 Å². The van der Waals surface area contributed by atoms with Crippen LogP contribution >= 0.6 is 0 Å². The van der Waals surface area contributed by atoms with Gasteiger partial charge < -0.3 is 20.5 Å². The van der Waals surface area contributed by atoms with E-state index in [1.807, 2.05) is 0 Å². The molecule has 0 radical (unpaired) electrons. The number of likely N-dealkylation sites (tertiary alicyclic amines) is 1. The summed E-state index contributed by atoms with van der Waals surface area (Å²) in [5.74, 6) is -1.36. The lowest BCUT2D eigenvalue weighted by atomic mass is 9.95. The van der Waals surface area contributed by atoms with E-state index in [1.165, 1.54) is 4.90 Å². The molecule has 0 unspecified atom stereocenters. The van der Waals surface area contributed by atoms with E-state index in [2.05, 4.69) is 24.5 Å². The monoisotopic (exact) mass is 423 g/mol. The van der Waals surface area contributed by atoms with E-state index in [0.717, 1.165) is 0 Å². The van der Waals surface area contributed by atoms with Crippen molar-refractivity contribution in [3.63, 3.8) is 0 Å². The van der Waals surface area contributed by atoms with Gasteiger partial charge in [0.25, 0.3) is 0 Å². The summed E-state index contributed by atoms with van der Waals surface area (Å²) in [4.78, 5) is 51.6. The molecule has 2 saturated heterocycles. The van der Waals surface area contributed by atoms with Gasteiger partial charge in [0.2, 0.25) is 11.8 Å². The second kappa shape index (κ2) is 7.83. The van der Waals surface area contributed by atoms with Gasteiger partial charge in [0.15, 0.2) is 5.78 Å². The van der Waals surface area contributed by atoms with Crippen molar-refractivity contribution in [1.82, 2.24) is 15.5 Å². The first-order valence-electron chi connectivity index (χ1n) is 10.6. The second-order valence-corrected chi connectivity index (χ2v) is 10.2. The number of rotatable bonds is 6. The first-order chi connectivity index (χ1) is 13.9. The highest BCUT2D eigenvalue weighted by Gasteiger charge is 2.69. The fourth-order valence-electron chi connectivity index (χ4n) is 4.89. The van der Waals surface area contributed by atoms with Crippen molar-refractivity contribution in [3.8, 4) is 0 Å². The number of amides is 3. The van der Waals surface area contributed by atoms with Crippen molar-refractivity contribution >= 4 is 23.7 Å². The molecule has 0 aromatic rings. The largest absolute Gasteiger partial charge is 0.444 e. The number of nitrogens with one attached hydrogen (secondary N) is 2. The van der Waals surface area contributed by atoms with Crippen LogP contribution in [0.5, 0.6) is 0 Å². The summed E-state index contributed by atoms with van der Waals surface area (Å²) in [5.41, 5.74) is -0.770. The molecule has 2 heterocycles. The summed E-state index contributed by atoms with van der Waals surface area (Å²) in [7, 11) is 0. The molecule has 0 spiro atoms. The highest BCUT2D eigenvalue weighted by atomic mass is 16.6. The molecule has 0 aromatic heterocycles. The third-order valence-corrected chi connectivity index (χ3v) is 6.65. The number of carbonyl (C=O) groups excluding carboxylic acids is 4. The Balaban J connectivity index is 1.75. The number of carbonyl (C=O) groups is 4. The lowest BCUT2D eigenvalue weighted by molar-refractivity contribution is -0.133. The summed E-state index contributed by atoms with van der Waals surface area (Å²) in [5, 5.41) is 14.8. The average molecular weight is 424 g/mol. The zero-order chi connectivity index (χ0) is 22.4. The second-order valence-electron chi connectivity index (χ2n) is 10.2. The molecule has 168 valence electrons. The van der Waals surface area contributed by atoms with Crippen LogP contribution < -0.4 is 10.6 Å². The number of fused-ring (bicyclic) bond motifs is 1. The van der Waals surface area contributed by atoms with Crippen LogP contribution in [-0.4, -0.2) is 71.1 Å². The fourth-order valence-corrected chi connectivity index (χ4v) is 4.89. The highest BCUT2D eigenvalue weighted by molar-refractivity contribution is 5.94. The minimum absolute atomic E-state index is 0.0234. The zero-order valence-corrected chi connectivity index (χ0v) is 18.4. The van der Waals surface area contributed by atoms with Crippen LogP contribution in [0.1, 0.15) is 47.5 Å². The van der Waals surface area contributed by atoms with E-state index < -0.39 is 42.1 Å². The van der Waals surface area contributed by atoms with Crippen molar-refractivity contribution in [2.24, 2.45) is 23.2 Å². The Labute approximate surface area is 176 Å². The van der Waals surface area contributed by atoms with Crippen LogP contribution in [-0.2, 0) is 19.1 Å². The molecule has 0 aromatic carbocycles. The van der Waals surface area contributed by atoms with E-state index in [-0.39, 0.29) is 35.5 Å². The van der Waals surface area contributed by atoms with Gasteiger partial charge in [0, 0.05) is 19.0 Å².